The van der Waals surface area contributed by atoms with Gasteiger partial charge in [0.05, 0.1) is 26.4 Å². The van der Waals surface area contributed by atoms with Crippen LogP contribution in [0, 0.1) is 23.7 Å². The van der Waals surface area contributed by atoms with Crippen LogP contribution in [0.2, 0.25) is 0 Å². The maximum Gasteiger partial charge on any atom is 0.472 e. The molecule has 0 fully saturated rings. The Kier molecular flexibility index (Phi) is 56.6. The minimum atomic E-state index is -4.95. The molecule has 0 saturated carbocycles. The van der Waals surface area contributed by atoms with Gasteiger partial charge in [-0.25, -0.2) is 9.13 Å². The third kappa shape index (κ3) is 61.3. The van der Waals surface area contributed by atoms with Crippen LogP contribution >= 0.6 is 15.6 Å². The average molecular weight is 1280 g/mol. The summed E-state index contributed by atoms with van der Waals surface area (Å²) in [5.74, 6) is 0.797. The number of carbonyl (C=O) groups is 4. The van der Waals surface area contributed by atoms with Gasteiger partial charge in [-0.05, 0) is 49.4 Å². The highest BCUT2D eigenvalue weighted by molar-refractivity contribution is 7.47. The summed E-state index contributed by atoms with van der Waals surface area (Å²) in [6, 6.07) is 0. The van der Waals surface area contributed by atoms with E-state index in [1.165, 1.54) is 128 Å². The first-order valence-electron chi connectivity index (χ1n) is 35.2. The van der Waals surface area contributed by atoms with Gasteiger partial charge in [0.25, 0.3) is 0 Å². The zero-order chi connectivity index (χ0) is 64.7. The number of carbonyl (C=O) groups excluding carboxylic acids is 4. The molecule has 0 aliphatic rings. The van der Waals surface area contributed by atoms with Crippen molar-refractivity contribution < 1.29 is 80.2 Å². The van der Waals surface area contributed by atoms with Gasteiger partial charge in [-0.2, -0.15) is 0 Å². The van der Waals surface area contributed by atoms with E-state index in [0.717, 1.165) is 114 Å². The molecule has 0 aliphatic heterocycles. The zero-order valence-electron chi connectivity index (χ0n) is 56.6. The molecule has 0 saturated heterocycles. The van der Waals surface area contributed by atoms with E-state index in [1.807, 2.05) is 0 Å². The number of phosphoric ester groups is 2. The van der Waals surface area contributed by atoms with E-state index in [-0.39, 0.29) is 25.7 Å². The predicted molar refractivity (Wildman–Crippen MR) is 349 cm³/mol. The lowest BCUT2D eigenvalue weighted by Gasteiger charge is -2.21. The Labute approximate surface area is 530 Å². The second kappa shape index (κ2) is 57.9. The van der Waals surface area contributed by atoms with Crippen LogP contribution in [0.25, 0.3) is 0 Å². The normalized spacial score (nSPS) is 14.6. The number of aliphatic hydroxyl groups excluding tert-OH is 1. The van der Waals surface area contributed by atoms with Gasteiger partial charge in [-0.1, -0.05) is 280 Å². The molecular weight excluding hydrogens is 1150 g/mol. The fraction of sp³-hybridized carbons (Fsp3) is 0.941. The molecule has 0 heterocycles. The molecule has 0 radical (unpaired) electrons. The SMILES string of the molecule is CCC(C)CCCCCCCCC(=O)O[C@H](COC(=O)CCCCCCCCCCCCCCC(C)C)COP(=O)(O)OC[C@@H](O)COP(=O)(O)OC[C@@H](COC(=O)CCCCCCCCC(C)C)OC(=O)CCCCCCCCCCCCC(C)C. The fourth-order valence-electron chi connectivity index (χ4n) is 10.1. The summed E-state index contributed by atoms with van der Waals surface area (Å²) in [5, 5.41) is 10.6. The predicted octanol–water partition coefficient (Wildman–Crippen LogP) is 18.9. The second-order valence-electron chi connectivity index (χ2n) is 26.2. The fourth-order valence-corrected chi connectivity index (χ4v) is 11.7. The Balaban J connectivity index is 5.23. The topological polar surface area (TPSA) is 237 Å². The Morgan fingerprint density at radius 1 is 0.322 bits per heavy atom. The third-order valence-corrected chi connectivity index (χ3v) is 17.8. The average Bonchev–Trinajstić information content (AvgIpc) is 3.68. The van der Waals surface area contributed by atoms with Gasteiger partial charge in [-0.15, -0.1) is 0 Å². The highest BCUT2D eigenvalue weighted by Gasteiger charge is 2.30. The summed E-state index contributed by atoms with van der Waals surface area (Å²) in [4.78, 5) is 72.4. The zero-order valence-corrected chi connectivity index (χ0v) is 58.4. The van der Waals surface area contributed by atoms with Crippen LogP contribution < -0.4 is 0 Å². The van der Waals surface area contributed by atoms with Gasteiger partial charge in [-0.3, -0.25) is 37.3 Å². The first-order chi connectivity index (χ1) is 41.6. The first kappa shape index (κ1) is 85.1. The lowest BCUT2D eigenvalue weighted by atomic mass is 10.00. The Hall–Kier alpha value is -1.94. The van der Waals surface area contributed by atoms with E-state index in [9.17, 15) is 43.2 Å². The standard InChI is InChI=1S/C68H132O17P2/c1-9-61(8)47-39-31-25-27-35-43-51-68(73)85-64(54-78-65(70)48-40-32-22-18-13-11-10-12-16-20-28-36-44-58(2)3)57-83-87(76,77)81-53-62(69)52-80-86(74,75)82-56-63(55-79-66(71)49-41-33-26-24-30-38-46-60(6)7)84-67(72)50-42-34-23-19-15-14-17-21-29-37-45-59(4)5/h58-64,69H,9-57H2,1-8H3,(H,74,75)(H,76,77)/t61?,62-,63+,64+/m0/s1. The maximum absolute atomic E-state index is 13.0. The quantitative estimate of drug-likeness (QED) is 0.0222. The monoisotopic (exact) mass is 1280 g/mol. The number of esters is 4. The molecule has 0 rings (SSSR count). The van der Waals surface area contributed by atoms with Crippen LogP contribution in [-0.4, -0.2) is 96.7 Å². The van der Waals surface area contributed by atoms with Gasteiger partial charge in [0.15, 0.2) is 12.2 Å². The minimum Gasteiger partial charge on any atom is -0.462 e. The number of rotatable bonds is 65. The lowest BCUT2D eigenvalue weighted by Crippen LogP contribution is -2.30. The highest BCUT2D eigenvalue weighted by atomic mass is 31.2. The van der Waals surface area contributed by atoms with Crippen LogP contribution in [0.4, 0.5) is 0 Å². The van der Waals surface area contributed by atoms with Crippen molar-refractivity contribution in [3.8, 4) is 0 Å². The number of hydrogen-bond donors (Lipinski definition) is 3. The Bertz CT molecular complexity index is 1730. The van der Waals surface area contributed by atoms with Crippen LogP contribution in [0.3, 0.4) is 0 Å². The van der Waals surface area contributed by atoms with E-state index in [0.29, 0.717) is 31.6 Å². The van der Waals surface area contributed by atoms with Gasteiger partial charge in [0.1, 0.15) is 19.3 Å². The molecule has 0 aromatic carbocycles. The molecule has 0 aromatic heterocycles. The van der Waals surface area contributed by atoms with E-state index in [2.05, 4.69) is 55.4 Å². The van der Waals surface area contributed by atoms with Crippen molar-refractivity contribution in [3.63, 3.8) is 0 Å². The second-order valence-corrected chi connectivity index (χ2v) is 29.1. The van der Waals surface area contributed by atoms with Crippen molar-refractivity contribution in [2.45, 2.75) is 350 Å². The summed E-state index contributed by atoms with van der Waals surface area (Å²) in [6.45, 7) is 14.0. The summed E-state index contributed by atoms with van der Waals surface area (Å²) < 4.78 is 68.1. The molecule has 6 atom stereocenters. The van der Waals surface area contributed by atoms with Crippen molar-refractivity contribution in [2.24, 2.45) is 23.7 Å². The molecule has 516 valence electrons. The minimum absolute atomic E-state index is 0.102. The van der Waals surface area contributed by atoms with Crippen molar-refractivity contribution in [2.75, 3.05) is 39.6 Å². The molecule has 0 amide bonds. The van der Waals surface area contributed by atoms with Crippen molar-refractivity contribution in [1.29, 1.82) is 0 Å². The van der Waals surface area contributed by atoms with Crippen LogP contribution in [0.1, 0.15) is 331 Å². The van der Waals surface area contributed by atoms with Crippen LogP contribution in [0.15, 0.2) is 0 Å². The van der Waals surface area contributed by atoms with Crippen molar-refractivity contribution in [3.05, 3.63) is 0 Å². The first-order valence-corrected chi connectivity index (χ1v) is 38.2. The van der Waals surface area contributed by atoms with Crippen LogP contribution in [-0.2, 0) is 65.4 Å². The van der Waals surface area contributed by atoms with Gasteiger partial charge >= 0.3 is 39.5 Å². The highest BCUT2D eigenvalue weighted by Crippen LogP contribution is 2.45. The molecule has 0 aliphatic carbocycles. The number of ether oxygens (including phenoxy) is 4. The lowest BCUT2D eigenvalue weighted by molar-refractivity contribution is -0.161. The summed E-state index contributed by atoms with van der Waals surface area (Å²) in [6.07, 6.45) is 39.1. The van der Waals surface area contributed by atoms with Crippen molar-refractivity contribution >= 4 is 39.5 Å². The smallest absolute Gasteiger partial charge is 0.462 e. The van der Waals surface area contributed by atoms with Crippen molar-refractivity contribution in [1.82, 2.24) is 0 Å². The molecule has 87 heavy (non-hydrogen) atoms. The molecule has 3 unspecified atom stereocenters. The summed E-state index contributed by atoms with van der Waals surface area (Å²) in [5.41, 5.74) is 0. The van der Waals surface area contributed by atoms with Gasteiger partial charge in [0, 0.05) is 25.7 Å². The largest absolute Gasteiger partial charge is 0.472 e. The molecular formula is C68H132O17P2. The number of phosphoric acid groups is 2. The maximum atomic E-state index is 13.0. The van der Waals surface area contributed by atoms with Crippen LogP contribution in [0.5, 0.6) is 0 Å². The van der Waals surface area contributed by atoms with Gasteiger partial charge in [0.2, 0.25) is 0 Å². The van der Waals surface area contributed by atoms with E-state index < -0.39 is 97.5 Å². The summed E-state index contributed by atoms with van der Waals surface area (Å²) >= 11 is 0. The molecule has 19 heteroatoms. The third-order valence-electron chi connectivity index (χ3n) is 15.9. The number of aliphatic hydroxyl groups is 1. The van der Waals surface area contributed by atoms with E-state index in [1.54, 1.807) is 0 Å². The molecule has 0 spiro atoms. The number of hydrogen-bond acceptors (Lipinski definition) is 15. The molecule has 3 N–H and O–H groups in total. The van der Waals surface area contributed by atoms with E-state index >= 15 is 0 Å². The Morgan fingerprint density at radius 3 is 0.816 bits per heavy atom. The number of unbranched alkanes of at least 4 members (excludes halogenated alkanes) is 30. The van der Waals surface area contributed by atoms with E-state index in [4.69, 9.17) is 37.0 Å². The molecule has 0 bridgehead atoms. The van der Waals surface area contributed by atoms with Gasteiger partial charge < -0.3 is 33.8 Å². The molecule has 17 nitrogen and oxygen atoms in total. The molecule has 0 aromatic rings. The Morgan fingerprint density at radius 2 is 0.552 bits per heavy atom. The summed E-state index contributed by atoms with van der Waals surface area (Å²) in [7, 11) is -9.90.